The highest BCUT2D eigenvalue weighted by atomic mass is 16.4. The van der Waals surface area contributed by atoms with E-state index in [2.05, 4.69) is 11.1 Å². The number of hydrogen-bond acceptors (Lipinski definition) is 1. The number of rotatable bonds is 1. The Morgan fingerprint density at radius 3 is 3.00 bits per heavy atom. The Bertz CT molecular complexity index is 556. The maximum absolute atomic E-state index is 11.0. The molecule has 0 radical (unpaired) electrons. The van der Waals surface area contributed by atoms with Crippen molar-refractivity contribution in [1.29, 1.82) is 0 Å². The van der Waals surface area contributed by atoms with Crippen molar-refractivity contribution in [1.82, 2.24) is 4.98 Å². The summed E-state index contributed by atoms with van der Waals surface area (Å²) >= 11 is 0. The number of aryl methyl sites for hydroxylation is 1. The summed E-state index contributed by atoms with van der Waals surface area (Å²) in [5, 5.41) is 10.2. The van der Waals surface area contributed by atoms with E-state index < -0.39 is 5.97 Å². The molecule has 1 aliphatic carbocycles. The molecule has 1 heterocycles. The van der Waals surface area contributed by atoms with Crippen molar-refractivity contribution >= 4 is 16.9 Å². The molecule has 82 valence electrons. The van der Waals surface area contributed by atoms with Gasteiger partial charge < -0.3 is 10.1 Å². The summed E-state index contributed by atoms with van der Waals surface area (Å²) in [5.41, 5.74) is 3.55. The Morgan fingerprint density at radius 2 is 2.19 bits per heavy atom. The molecule has 16 heavy (non-hydrogen) atoms. The zero-order valence-corrected chi connectivity index (χ0v) is 8.86. The fraction of sp³-hybridized carbons (Fsp3) is 0.308. The molecule has 1 aromatic carbocycles. The Labute approximate surface area is 93.1 Å². The molecule has 1 atom stereocenters. The second-order valence-electron chi connectivity index (χ2n) is 4.41. The molecule has 2 N–H and O–H groups in total. The van der Waals surface area contributed by atoms with Gasteiger partial charge in [0.15, 0.2) is 0 Å². The number of carboxylic acid groups (broad SMARTS) is 1. The number of carbonyl (C=O) groups is 1. The quantitative estimate of drug-likeness (QED) is 0.767. The van der Waals surface area contributed by atoms with Gasteiger partial charge in [0.2, 0.25) is 0 Å². The number of aliphatic carboxylic acids is 1. The van der Waals surface area contributed by atoms with Gasteiger partial charge >= 0.3 is 5.97 Å². The molecule has 0 spiro atoms. The zero-order chi connectivity index (χ0) is 11.1. The first-order valence-electron chi connectivity index (χ1n) is 5.57. The number of fused-ring (bicyclic) bond motifs is 3. The number of nitrogens with one attached hydrogen (secondary N) is 1. The summed E-state index contributed by atoms with van der Waals surface area (Å²) in [4.78, 5) is 14.4. The van der Waals surface area contributed by atoms with Crippen LogP contribution in [0.2, 0.25) is 0 Å². The summed E-state index contributed by atoms with van der Waals surface area (Å²) < 4.78 is 0. The van der Waals surface area contributed by atoms with Gasteiger partial charge in [0.1, 0.15) is 0 Å². The molecule has 3 heteroatoms. The maximum atomic E-state index is 11.0. The van der Waals surface area contributed by atoms with Crippen molar-refractivity contribution in [3.63, 3.8) is 0 Å². The smallest absolute Gasteiger partial charge is 0.306 e. The molecule has 0 aliphatic heterocycles. The minimum absolute atomic E-state index is 0.216. The van der Waals surface area contributed by atoms with Crippen LogP contribution in [0.3, 0.4) is 0 Å². The second-order valence-corrected chi connectivity index (χ2v) is 4.41. The number of hydrogen-bond donors (Lipinski definition) is 2. The predicted molar refractivity (Wildman–Crippen MR) is 61.4 cm³/mol. The molecule has 0 fully saturated rings. The monoisotopic (exact) mass is 215 g/mol. The van der Waals surface area contributed by atoms with E-state index in [0.717, 1.165) is 18.4 Å². The van der Waals surface area contributed by atoms with Gasteiger partial charge in [0, 0.05) is 16.6 Å². The summed E-state index contributed by atoms with van der Waals surface area (Å²) in [6.45, 7) is 0. The van der Waals surface area contributed by atoms with Gasteiger partial charge in [-0.1, -0.05) is 18.2 Å². The first-order chi connectivity index (χ1) is 7.75. The van der Waals surface area contributed by atoms with E-state index in [0.29, 0.717) is 6.42 Å². The standard InChI is InChI=1S/C13H13NO2/c15-13(16)8-5-6-12-10(7-8)9-3-1-2-4-11(9)14-12/h1-4,8,14H,5-7H2,(H,15,16). The van der Waals surface area contributed by atoms with Crippen molar-refractivity contribution in [2.45, 2.75) is 19.3 Å². The lowest BCUT2D eigenvalue weighted by atomic mass is 9.86. The highest BCUT2D eigenvalue weighted by molar-refractivity contribution is 5.85. The third-order valence-electron chi connectivity index (χ3n) is 3.44. The van der Waals surface area contributed by atoms with Crippen molar-refractivity contribution in [2.75, 3.05) is 0 Å². The van der Waals surface area contributed by atoms with E-state index in [4.69, 9.17) is 5.11 Å². The topological polar surface area (TPSA) is 53.1 Å². The van der Waals surface area contributed by atoms with E-state index >= 15 is 0 Å². The molecular formula is C13H13NO2. The van der Waals surface area contributed by atoms with Crippen LogP contribution in [0.4, 0.5) is 0 Å². The van der Waals surface area contributed by atoms with Crippen LogP contribution in [0.25, 0.3) is 10.9 Å². The Hall–Kier alpha value is -1.77. The zero-order valence-electron chi connectivity index (χ0n) is 8.86. The summed E-state index contributed by atoms with van der Waals surface area (Å²) in [7, 11) is 0. The number of aromatic nitrogens is 1. The normalized spacial score (nSPS) is 19.6. The second kappa shape index (κ2) is 3.37. The van der Waals surface area contributed by atoms with Crippen LogP contribution in [0.5, 0.6) is 0 Å². The van der Waals surface area contributed by atoms with Gasteiger partial charge in [-0.15, -0.1) is 0 Å². The van der Waals surface area contributed by atoms with Crippen molar-refractivity contribution < 1.29 is 9.90 Å². The Balaban J connectivity index is 2.11. The Kier molecular flexibility index (Phi) is 1.99. The van der Waals surface area contributed by atoms with E-state index in [9.17, 15) is 4.79 Å². The average Bonchev–Trinajstić information content (AvgIpc) is 2.66. The van der Waals surface area contributed by atoms with Gasteiger partial charge in [-0.3, -0.25) is 4.79 Å². The molecule has 2 aromatic rings. The number of aromatic amines is 1. The van der Waals surface area contributed by atoms with Gasteiger partial charge in [-0.25, -0.2) is 0 Å². The van der Waals surface area contributed by atoms with Gasteiger partial charge in [-0.2, -0.15) is 0 Å². The first kappa shape index (κ1) is 9.46. The SMILES string of the molecule is O=C(O)C1CCc2[nH]c3ccccc3c2C1. The molecule has 3 nitrogen and oxygen atoms in total. The van der Waals surface area contributed by atoms with Crippen LogP contribution in [-0.2, 0) is 17.6 Å². The maximum Gasteiger partial charge on any atom is 0.306 e. The van der Waals surface area contributed by atoms with Crippen LogP contribution < -0.4 is 0 Å². The van der Waals surface area contributed by atoms with Crippen LogP contribution in [0.15, 0.2) is 24.3 Å². The van der Waals surface area contributed by atoms with E-state index in [1.54, 1.807) is 0 Å². The fourth-order valence-corrected chi connectivity index (χ4v) is 2.58. The average molecular weight is 215 g/mol. The minimum Gasteiger partial charge on any atom is -0.481 e. The molecule has 1 aliphatic rings. The third-order valence-corrected chi connectivity index (χ3v) is 3.44. The molecule has 1 unspecified atom stereocenters. The van der Waals surface area contributed by atoms with Crippen LogP contribution in [0, 0.1) is 5.92 Å². The number of H-pyrrole nitrogens is 1. The summed E-state index contributed by atoms with van der Waals surface area (Å²) in [6.07, 6.45) is 2.25. The summed E-state index contributed by atoms with van der Waals surface area (Å²) in [6, 6.07) is 8.11. The number of benzene rings is 1. The largest absolute Gasteiger partial charge is 0.481 e. The molecular weight excluding hydrogens is 202 g/mol. The lowest BCUT2D eigenvalue weighted by Crippen LogP contribution is -2.21. The highest BCUT2D eigenvalue weighted by Crippen LogP contribution is 2.31. The first-order valence-corrected chi connectivity index (χ1v) is 5.57. The van der Waals surface area contributed by atoms with Gasteiger partial charge in [-0.05, 0) is 30.9 Å². The summed E-state index contributed by atoms with van der Waals surface area (Å²) in [5.74, 6) is -0.886. The van der Waals surface area contributed by atoms with Crippen molar-refractivity contribution in [3.05, 3.63) is 35.5 Å². The van der Waals surface area contributed by atoms with Crippen molar-refractivity contribution in [3.8, 4) is 0 Å². The van der Waals surface area contributed by atoms with E-state index in [1.165, 1.54) is 16.6 Å². The molecule has 1 aromatic heterocycles. The molecule has 0 bridgehead atoms. The third kappa shape index (κ3) is 1.32. The number of para-hydroxylation sites is 1. The molecule has 3 rings (SSSR count). The van der Waals surface area contributed by atoms with Crippen LogP contribution in [-0.4, -0.2) is 16.1 Å². The van der Waals surface area contributed by atoms with Crippen LogP contribution in [0.1, 0.15) is 17.7 Å². The van der Waals surface area contributed by atoms with Gasteiger partial charge in [0.25, 0.3) is 0 Å². The highest BCUT2D eigenvalue weighted by Gasteiger charge is 2.26. The molecule has 0 saturated carbocycles. The fourth-order valence-electron chi connectivity index (χ4n) is 2.58. The molecule has 0 amide bonds. The van der Waals surface area contributed by atoms with E-state index in [-0.39, 0.29) is 5.92 Å². The van der Waals surface area contributed by atoms with Crippen LogP contribution >= 0.6 is 0 Å². The predicted octanol–water partition coefficient (Wildman–Crippen LogP) is 2.36. The van der Waals surface area contributed by atoms with Crippen molar-refractivity contribution in [2.24, 2.45) is 5.92 Å². The van der Waals surface area contributed by atoms with Gasteiger partial charge in [0.05, 0.1) is 5.92 Å². The minimum atomic E-state index is -0.670. The van der Waals surface area contributed by atoms with E-state index in [1.807, 2.05) is 18.2 Å². The number of carboxylic acids is 1. The molecule has 0 saturated heterocycles. The Morgan fingerprint density at radius 1 is 1.38 bits per heavy atom. The lowest BCUT2D eigenvalue weighted by Gasteiger charge is -2.18. The lowest BCUT2D eigenvalue weighted by molar-refractivity contribution is -0.142.